The van der Waals surface area contributed by atoms with Crippen LogP contribution < -0.4 is 14.9 Å². The fourth-order valence-electron chi connectivity index (χ4n) is 3.90. The van der Waals surface area contributed by atoms with Crippen molar-refractivity contribution < 1.29 is 26.4 Å². The molecule has 0 bridgehead atoms. The second-order valence-electron chi connectivity index (χ2n) is 9.01. The third kappa shape index (κ3) is 5.01. The fourth-order valence-corrected chi connectivity index (χ4v) is 4.41. The highest BCUT2D eigenvalue weighted by molar-refractivity contribution is 7.92. The molecule has 5 rings (SSSR count). The molecule has 38 heavy (non-hydrogen) atoms. The number of halogens is 3. The molecule has 1 aromatic carbocycles. The lowest BCUT2D eigenvalue weighted by atomic mass is 10.1. The van der Waals surface area contributed by atoms with Gasteiger partial charge >= 0.3 is 0 Å². The number of carbonyl (C=O) groups excluding carboxylic acids is 1. The molecule has 0 spiro atoms. The number of H-pyrrole nitrogens is 1. The zero-order chi connectivity index (χ0) is 27.4. The third-order valence-electron chi connectivity index (χ3n) is 6.12. The van der Waals surface area contributed by atoms with E-state index in [9.17, 15) is 26.4 Å². The summed E-state index contributed by atoms with van der Waals surface area (Å²) in [6, 6.07) is 6.38. The molecule has 1 aliphatic carbocycles. The van der Waals surface area contributed by atoms with Crippen LogP contribution in [0.5, 0.6) is 0 Å². The molecule has 0 saturated heterocycles. The van der Waals surface area contributed by atoms with Crippen LogP contribution in [0.1, 0.15) is 18.7 Å². The van der Waals surface area contributed by atoms with Gasteiger partial charge in [-0.05, 0) is 24.1 Å². The third-order valence-corrected chi connectivity index (χ3v) is 7.31. The van der Waals surface area contributed by atoms with Gasteiger partial charge in [0.2, 0.25) is 15.9 Å². The Morgan fingerprint density at radius 2 is 1.95 bits per heavy atom. The molecule has 1 fully saturated rings. The minimum absolute atomic E-state index is 0.0152. The van der Waals surface area contributed by atoms with E-state index in [0.717, 1.165) is 16.1 Å². The van der Waals surface area contributed by atoms with Crippen LogP contribution in [0.15, 0.2) is 36.7 Å². The van der Waals surface area contributed by atoms with Crippen LogP contribution in [-0.2, 0) is 21.9 Å². The Kier molecular flexibility index (Phi) is 6.25. The van der Waals surface area contributed by atoms with E-state index < -0.39 is 40.3 Å². The summed E-state index contributed by atoms with van der Waals surface area (Å²) in [6.07, 6.45) is 0.394. The highest BCUT2D eigenvalue weighted by atomic mass is 32.2. The number of benzene rings is 1. The van der Waals surface area contributed by atoms with Gasteiger partial charge in [-0.25, -0.2) is 31.6 Å². The van der Waals surface area contributed by atoms with Crippen molar-refractivity contribution in [2.24, 2.45) is 13.0 Å². The van der Waals surface area contributed by atoms with E-state index in [4.69, 9.17) is 0 Å². The second kappa shape index (κ2) is 9.31. The number of anilines is 4. The summed E-state index contributed by atoms with van der Waals surface area (Å²) in [7, 11) is -0.569. The van der Waals surface area contributed by atoms with Crippen LogP contribution in [0, 0.1) is 5.92 Å². The molecule has 4 aromatic rings. The van der Waals surface area contributed by atoms with Crippen molar-refractivity contribution in [3.8, 4) is 11.1 Å². The number of hydrogen-bond acceptors (Lipinski definition) is 7. The number of nitrogens with zero attached hydrogens (tertiary/aromatic N) is 5. The Morgan fingerprint density at radius 1 is 1.21 bits per heavy atom. The van der Waals surface area contributed by atoms with Gasteiger partial charge < -0.3 is 15.6 Å². The lowest BCUT2D eigenvalue weighted by molar-refractivity contribution is -0.117. The minimum atomic E-state index is -3.70. The van der Waals surface area contributed by atoms with E-state index in [1.54, 1.807) is 42.3 Å². The maximum atomic E-state index is 13.4. The summed E-state index contributed by atoms with van der Waals surface area (Å²) in [6.45, 7) is 0. The molecule has 3 heterocycles. The first-order chi connectivity index (χ1) is 17.9. The first kappa shape index (κ1) is 25.5. The van der Waals surface area contributed by atoms with Crippen molar-refractivity contribution in [3.63, 3.8) is 0 Å². The van der Waals surface area contributed by atoms with Gasteiger partial charge in [0.05, 0.1) is 35.4 Å². The van der Waals surface area contributed by atoms with E-state index >= 15 is 0 Å². The Bertz CT molecular complexity index is 1650. The molecule has 3 aromatic heterocycles. The predicted molar refractivity (Wildman–Crippen MR) is 136 cm³/mol. The number of aryl methyl sites for hydroxylation is 1. The maximum absolute atomic E-state index is 13.4. The van der Waals surface area contributed by atoms with Crippen molar-refractivity contribution in [1.29, 1.82) is 0 Å². The van der Waals surface area contributed by atoms with Gasteiger partial charge in [0.25, 0.3) is 6.43 Å². The number of imidazole rings is 1. The number of alkyl halides is 3. The van der Waals surface area contributed by atoms with Crippen molar-refractivity contribution in [3.05, 3.63) is 42.5 Å². The van der Waals surface area contributed by atoms with Gasteiger partial charge in [0.1, 0.15) is 17.5 Å². The van der Waals surface area contributed by atoms with E-state index in [1.807, 2.05) is 0 Å². The molecular weight excluding hydrogens is 525 g/mol. The molecule has 0 radical (unpaired) electrons. The number of fused-ring (bicyclic) bond motifs is 1. The molecule has 0 unspecified atom stereocenters. The summed E-state index contributed by atoms with van der Waals surface area (Å²) >= 11 is 0. The van der Waals surface area contributed by atoms with Crippen LogP contribution in [0.25, 0.3) is 22.3 Å². The van der Waals surface area contributed by atoms with Gasteiger partial charge in [-0.1, -0.05) is 6.07 Å². The first-order valence-electron chi connectivity index (χ1n) is 11.4. The van der Waals surface area contributed by atoms with E-state index in [2.05, 4.69) is 30.7 Å². The van der Waals surface area contributed by atoms with Crippen molar-refractivity contribution >= 4 is 50.0 Å². The molecule has 1 saturated carbocycles. The van der Waals surface area contributed by atoms with Gasteiger partial charge in [-0.15, -0.1) is 0 Å². The summed E-state index contributed by atoms with van der Waals surface area (Å²) in [5.41, 5.74) is 2.16. The summed E-state index contributed by atoms with van der Waals surface area (Å²) in [4.78, 5) is 22.8. The minimum Gasteiger partial charge on any atom is -0.352 e. The highest BCUT2D eigenvalue weighted by Crippen LogP contribution is 2.38. The van der Waals surface area contributed by atoms with Crippen LogP contribution in [-0.4, -0.2) is 58.5 Å². The Hall–Kier alpha value is -4.14. The summed E-state index contributed by atoms with van der Waals surface area (Å²) in [5, 5.41) is 9.70. The molecule has 11 nitrogen and oxygen atoms in total. The maximum Gasteiger partial charge on any atom is 0.295 e. The average molecular weight is 549 g/mol. The Morgan fingerprint density at radius 3 is 2.55 bits per heavy atom. The zero-order valence-corrected chi connectivity index (χ0v) is 21.2. The summed E-state index contributed by atoms with van der Waals surface area (Å²) < 4.78 is 67.7. The second-order valence-corrected chi connectivity index (χ2v) is 11.0. The smallest absolute Gasteiger partial charge is 0.295 e. The SMILES string of the molecule is CN(c1cc(-c2cnn(C)c2)ccc1Nc1cc(NC(=O)[C@@H]2C[C@@H]2F)nc2[nH]c(C(F)F)nc12)S(C)(=O)=O. The van der Waals surface area contributed by atoms with Gasteiger partial charge in [-0.3, -0.25) is 13.8 Å². The molecule has 15 heteroatoms. The molecule has 1 aliphatic rings. The Labute approximate surface area is 215 Å². The number of rotatable bonds is 8. The largest absolute Gasteiger partial charge is 0.352 e. The van der Waals surface area contributed by atoms with Gasteiger partial charge in [0.15, 0.2) is 11.5 Å². The number of aromatic amines is 1. The predicted octanol–water partition coefficient (Wildman–Crippen LogP) is 3.73. The molecule has 200 valence electrons. The number of sulfonamides is 1. The van der Waals surface area contributed by atoms with Gasteiger partial charge in [0, 0.05) is 31.9 Å². The number of amides is 1. The number of aromatic nitrogens is 5. The molecule has 1 amide bonds. The number of hydrogen-bond donors (Lipinski definition) is 3. The summed E-state index contributed by atoms with van der Waals surface area (Å²) in [5.74, 6) is -2.02. The number of pyridine rings is 1. The van der Waals surface area contributed by atoms with Gasteiger partial charge in [-0.2, -0.15) is 5.10 Å². The zero-order valence-electron chi connectivity index (χ0n) is 20.4. The quantitative estimate of drug-likeness (QED) is 0.305. The lowest BCUT2D eigenvalue weighted by Gasteiger charge is -2.22. The molecule has 3 N–H and O–H groups in total. The Balaban J connectivity index is 1.60. The van der Waals surface area contributed by atoms with E-state index in [-0.39, 0.29) is 34.8 Å². The molecule has 0 aliphatic heterocycles. The molecule has 2 atom stereocenters. The standard InChI is InChI=1S/C23H23F3N8O3S/c1-33-10-12(9-27-33)11-4-5-15(17(6-11)34(2)38(3,36)37)28-16-8-18(30-23(35)13-7-14(13)24)29-21-19(16)31-22(32-21)20(25)26/h4-6,8-10,13-14,20H,7H2,1-3H3,(H3,28,29,30,31,32,35)/t13-,14+/m1/s1. The highest BCUT2D eigenvalue weighted by Gasteiger charge is 2.43. The fraction of sp³-hybridized carbons (Fsp3) is 0.304. The van der Waals surface area contributed by atoms with Crippen LogP contribution in [0.3, 0.4) is 0 Å². The topological polar surface area (TPSA) is 138 Å². The van der Waals surface area contributed by atoms with E-state index in [0.29, 0.717) is 11.3 Å². The van der Waals surface area contributed by atoms with Crippen LogP contribution in [0.4, 0.5) is 36.1 Å². The average Bonchev–Trinajstić information content (AvgIpc) is 3.21. The monoisotopic (exact) mass is 548 g/mol. The van der Waals surface area contributed by atoms with Crippen molar-refractivity contribution in [2.45, 2.75) is 19.0 Å². The van der Waals surface area contributed by atoms with Crippen molar-refractivity contribution in [1.82, 2.24) is 24.7 Å². The lowest BCUT2D eigenvalue weighted by Crippen LogP contribution is -2.25. The number of carbonyl (C=O) groups is 1. The van der Waals surface area contributed by atoms with Crippen LogP contribution >= 0.6 is 0 Å². The van der Waals surface area contributed by atoms with Crippen LogP contribution in [0.2, 0.25) is 0 Å². The van der Waals surface area contributed by atoms with Crippen molar-refractivity contribution in [2.75, 3.05) is 28.2 Å². The van der Waals surface area contributed by atoms with E-state index in [1.165, 1.54) is 13.1 Å². The first-order valence-corrected chi connectivity index (χ1v) is 13.2. The molecular formula is C23H23F3N8O3S. The number of nitrogens with one attached hydrogen (secondary N) is 3. The normalized spacial score (nSPS) is 17.1.